The van der Waals surface area contributed by atoms with Gasteiger partial charge in [0.2, 0.25) is 5.91 Å². The summed E-state index contributed by atoms with van der Waals surface area (Å²) in [6.07, 6.45) is 7.79. The Morgan fingerprint density at radius 2 is 1.93 bits per heavy atom. The van der Waals surface area contributed by atoms with Crippen LogP contribution in [0.3, 0.4) is 0 Å². The van der Waals surface area contributed by atoms with Crippen LogP contribution in [0.5, 0.6) is 5.75 Å². The summed E-state index contributed by atoms with van der Waals surface area (Å²) >= 11 is 0. The van der Waals surface area contributed by atoms with Gasteiger partial charge in [0.1, 0.15) is 17.2 Å². The molecule has 0 unspecified atom stereocenters. The Labute approximate surface area is 158 Å². The predicted molar refractivity (Wildman–Crippen MR) is 104 cm³/mol. The van der Waals surface area contributed by atoms with Gasteiger partial charge in [-0.1, -0.05) is 26.2 Å². The summed E-state index contributed by atoms with van der Waals surface area (Å²) in [5.74, 6) is 0.280. The third-order valence-electron chi connectivity index (χ3n) is 4.21. The minimum Gasteiger partial charge on any atom is -0.494 e. The summed E-state index contributed by atoms with van der Waals surface area (Å²) in [5, 5.41) is 2.84. The minimum absolute atomic E-state index is 0.124. The van der Waals surface area contributed by atoms with Gasteiger partial charge in [0.15, 0.2) is 0 Å². The van der Waals surface area contributed by atoms with E-state index in [-0.39, 0.29) is 18.1 Å². The Kier molecular flexibility index (Phi) is 6.41. The van der Waals surface area contributed by atoms with E-state index in [1.54, 1.807) is 16.7 Å². The first kappa shape index (κ1) is 18.9. The monoisotopic (exact) mass is 369 g/mol. The van der Waals surface area contributed by atoms with Crippen molar-refractivity contribution < 1.29 is 13.9 Å². The quantitative estimate of drug-likeness (QED) is 0.560. The summed E-state index contributed by atoms with van der Waals surface area (Å²) < 4.78 is 20.5. The molecule has 0 radical (unpaired) electrons. The maximum absolute atomic E-state index is 13.2. The van der Waals surface area contributed by atoms with Gasteiger partial charge in [-0.2, -0.15) is 0 Å². The van der Waals surface area contributed by atoms with Crippen molar-refractivity contribution in [3.05, 3.63) is 60.3 Å². The normalized spacial score (nSPS) is 10.9. The molecule has 3 aromatic rings. The molecule has 1 aromatic carbocycles. The molecule has 0 saturated heterocycles. The van der Waals surface area contributed by atoms with Crippen LogP contribution in [0.15, 0.2) is 48.8 Å². The Bertz CT molecular complexity index is 890. The lowest BCUT2D eigenvalue weighted by Gasteiger charge is -2.08. The summed E-state index contributed by atoms with van der Waals surface area (Å²) in [5.41, 5.74) is 1.90. The summed E-state index contributed by atoms with van der Waals surface area (Å²) in [7, 11) is 0. The highest BCUT2D eigenvalue weighted by atomic mass is 19.1. The van der Waals surface area contributed by atoms with Crippen LogP contribution in [0, 0.1) is 5.82 Å². The molecule has 142 valence electrons. The molecule has 3 rings (SSSR count). The number of nitrogens with one attached hydrogen (secondary N) is 1. The zero-order valence-corrected chi connectivity index (χ0v) is 15.5. The van der Waals surface area contributed by atoms with E-state index < -0.39 is 0 Å². The van der Waals surface area contributed by atoms with Crippen molar-refractivity contribution >= 4 is 17.2 Å². The molecule has 0 fully saturated rings. The van der Waals surface area contributed by atoms with Gasteiger partial charge in [0, 0.05) is 18.1 Å². The van der Waals surface area contributed by atoms with E-state index in [1.807, 2.05) is 24.3 Å². The number of carbonyl (C=O) groups is 1. The van der Waals surface area contributed by atoms with Gasteiger partial charge in [-0.3, -0.25) is 4.79 Å². The van der Waals surface area contributed by atoms with Crippen molar-refractivity contribution in [2.75, 3.05) is 11.9 Å². The first-order valence-electron chi connectivity index (χ1n) is 9.30. The van der Waals surface area contributed by atoms with Gasteiger partial charge >= 0.3 is 0 Å². The number of nitrogens with zero attached hydrogens (tertiary/aromatic N) is 2. The van der Waals surface area contributed by atoms with Crippen molar-refractivity contribution in [3.8, 4) is 5.75 Å². The number of unbranched alkanes of at least 4 members (excludes halogenated alkanes) is 3. The number of benzene rings is 1. The van der Waals surface area contributed by atoms with Gasteiger partial charge in [-0.25, -0.2) is 9.37 Å². The fourth-order valence-corrected chi connectivity index (χ4v) is 2.83. The lowest BCUT2D eigenvalue weighted by atomic mass is 10.2. The number of hydrogen-bond acceptors (Lipinski definition) is 3. The molecule has 1 N–H and O–H groups in total. The molecule has 2 heterocycles. The second kappa shape index (κ2) is 9.16. The number of imidazole rings is 1. The SMILES string of the molecule is CCCCCCOc1ccc(NC(=O)Cc2cn3cc(F)ccc3n2)cc1. The van der Waals surface area contributed by atoms with Crippen molar-refractivity contribution in [2.24, 2.45) is 0 Å². The number of pyridine rings is 1. The van der Waals surface area contributed by atoms with E-state index >= 15 is 0 Å². The number of carbonyl (C=O) groups excluding carboxylic acids is 1. The van der Waals surface area contributed by atoms with E-state index in [2.05, 4.69) is 17.2 Å². The van der Waals surface area contributed by atoms with Gasteiger partial charge < -0.3 is 14.5 Å². The van der Waals surface area contributed by atoms with Gasteiger partial charge in [-0.15, -0.1) is 0 Å². The van der Waals surface area contributed by atoms with Crippen molar-refractivity contribution in [1.29, 1.82) is 0 Å². The third kappa shape index (κ3) is 5.54. The van der Waals surface area contributed by atoms with Crippen molar-refractivity contribution in [1.82, 2.24) is 9.38 Å². The van der Waals surface area contributed by atoms with E-state index in [0.717, 1.165) is 12.2 Å². The number of amides is 1. The number of hydrogen-bond donors (Lipinski definition) is 1. The highest BCUT2D eigenvalue weighted by Gasteiger charge is 2.09. The van der Waals surface area contributed by atoms with Crippen LogP contribution in [0.25, 0.3) is 5.65 Å². The molecule has 5 nitrogen and oxygen atoms in total. The van der Waals surface area contributed by atoms with Crippen LogP contribution in [0.4, 0.5) is 10.1 Å². The predicted octanol–water partition coefficient (Wildman–Crippen LogP) is 4.61. The number of aromatic nitrogens is 2. The lowest BCUT2D eigenvalue weighted by Crippen LogP contribution is -2.14. The lowest BCUT2D eigenvalue weighted by molar-refractivity contribution is -0.115. The second-order valence-corrected chi connectivity index (χ2v) is 6.50. The Hall–Kier alpha value is -2.89. The van der Waals surface area contributed by atoms with E-state index in [0.29, 0.717) is 23.6 Å². The molecular weight excluding hydrogens is 345 g/mol. The number of rotatable bonds is 9. The maximum Gasteiger partial charge on any atom is 0.230 e. The fraction of sp³-hybridized carbons (Fsp3) is 0.333. The summed E-state index contributed by atoms with van der Waals surface area (Å²) in [6, 6.07) is 10.3. The topological polar surface area (TPSA) is 55.6 Å². The van der Waals surface area contributed by atoms with E-state index in [4.69, 9.17) is 4.74 Å². The van der Waals surface area contributed by atoms with Crippen molar-refractivity contribution in [2.45, 2.75) is 39.0 Å². The molecule has 2 aromatic heterocycles. The van der Waals surface area contributed by atoms with E-state index in [1.165, 1.54) is 31.5 Å². The molecule has 27 heavy (non-hydrogen) atoms. The smallest absolute Gasteiger partial charge is 0.230 e. The Morgan fingerprint density at radius 1 is 1.11 bits per heavy atom. The average Bonchev–Trinajstić information content (AvgIpc) is 3.04. The largest absolute Gasteiger partial charge is 0.494 e. The first-order chi connectivity index (χ1) is 13.1. The third-order valence-corrected chi connectivity index (χ3v) is 4.21. The molecule has 0 aliphatic heterocycles. The van der Waals surface area contributed by atoms with E-state index in [9.17, 15) is 9.18 Å². The second-order valence-electron chi connectivity index (χ2n) is 6.50. The number of ether oxygens (including phenoxy) is 1. The molecule has 0 saturated carbocycles. The summed E-state index contributed by atoms with van der Waals surface area (Å²) in [4.78, 5) is 16.5. The van der Waals surface area contributed by atoms with Crippen LogP contribution in [0.2, 0.25) is 0 Å². The number of fused-ring (bicyclic) bond motifs is 1. The standard InChI is InChI=1S/C21H24FN3O2/c1-2-3-4-5-12-27-19-9-7-17(8-10-19)24-21(26)13-18-15-25-14-16(22)6-11-20(25)23-18/h6-11,14-15H,2-5,12-13H2,1H3,(H,24,26). The van der Waals surface area contributed by atoms with Gasteiger partial charge in [-0.05, 0) is 42.8 Å². The molecule has 6 heteroatoms. The number of anilines is 1. The Morgan fingerprint density at radius 3 is 2.70 bits per heavy atom. The molecule has 0 aliphatic rings. The van der Waals surface area contributed by atoms with Crippen molar-refractivity contribution in [3.63, 3.8) is 0 Å². The molecule has 0 atom stereocenters. The van der Waals surface area contributed by atoms with Crippen LogP contribution < -0.4 is 10.1 Å². The summed E-state index contributed by atoms with van der Waals surface area (Å²) in [6.45, 7) is 2.89. The fourth-order valence-electron chi connectivity index (χ4n) is 2.83. The molecule has 0 aliphatic carbocycles. The van der Waals surface area contributed by atoms with Crippen LogP contribution in [0.1, 0.15) is 38.3 Å². The number of halogens is 1. The zero-order valence-electron chi connectivity index (χ0n) is 15.5. The molecule has 1 amide bonds. The van der Waals surface area contributed by atoms with Gasteiger partial charge in [0.25, 0.3) is 0 Å². The van der Waals surface area contributed by atoms with Crippen LogP contribution in [-0.2, 0) is 11.2 Å². The first-order valence-corrected chi connectivity index (χ1v) is 9.30. The van der Waals surface area contributed by atoms with Crippen LogP contribution in [-0.4, -0.2) is 21.9 Å². The van der Waals surface area contributed by atoms with Crippen LogP contribution >= 0.6 is 0 Å². The van der Waals surface area contributed by atoms with Gasteiger partial charge in [0.05, 0.1) is 18.7 Å². The highest BCUT2D eigenvalue weighted by molar-refractivity contribution is 5.92. The molecular formula is C21H24FN3O2. The Balaban J connectivity index is 1.49. The molecule has 0 spiro atoms. The maximum atomic E-state index is 13.2. The average molecular weight is 369 g/mol. The highest BCUT2D eigenvalue weighted by Crippen LogP contribution is 2.17. The molecule has 0 bridgehead atoms. The zero-order chi connectivity index (χ0) is 19.1. The minimum atomic E-state index is -0.344.